The van der Waals surface area contributed by atoms with Crippen molar-refractivity contribution in [2.45, 2.75) is 13.0 Å². The molecule has 0 aliphatic heterocycles. The standard InChI is InChI=1S/C18H15ClN4/c19-15-8-6-14(7-9-15)12-23-18(21)16(11-20)17(22-23)10-13-4-2-1-3-5-13/h1-9H,10,12,21H2. The average molecular weight is 323 g/mol. The lowest BCUT2D eigenvalue weighted by molar-refractivity contribution is 0.685. The molecule has 5 heteroatoms. The molecule has 3 aromatic rings. The Bertz CT molecular complexity index is 845. The van der Waals surface area contributed by atoms with Crippen molar-refractivity contribution in [1.29, 1.82) is 5.26 Å². The van der Waals surface area contributed by atoms with E-state index in [1.807, 2.05) is 54.6 Å². The third-order valence-electron chi connectivity index (χ3n) is 3.64. The van der Waals surface area contributed by atoms with Gasteiger partial charge in [-0.15, -0.1) is 0 Å². The van der Waals surface area contributed by atoms with E-state index in [1.165, 1.54) is 0 Å². The zero-order valence-electron chi connectivity index (χ0n) is 12.4. The summed E-state index contributed by atoms with van der Waals surface area (Å²) in [4.78, 5) is 0. The number of nitrogen functional groups attached to an aromatic ring is 1. The highest BCUT2D eigenvalue weighted by Crippen LogP contribution is 2.20. The molecule has 0 spiro atoms. The number of nitrogens with zero attached hydrogens (tertiary/aromatic N) is 3. The van der Waals surface area contributed by atoms with Gasteiger partial charge in [0.15, 0.2) is 0 Å². The van der Waals surface area contributed by atoms with E-state index in [1.54, 1.807) is 4.68 Å². The molecular weight excluding hydrogens is 308 g/mol. The van der Waals surface area contributed by atoms with E-state index in [9.17, 15) is 5.26 Å². The van der Waals surface area contributed by atoms with Crippen LogP contribution >= 0.6 is 11.6 Å². The molecule has 1 aromatic heterocycles. The summed E-state index contributed by atoms with van der Waals surface area (Å²) in [5, 5.41) is 14.6. The van der Waals surface area contributed by atoms with E-state index in [2.05, 4.69) is 11.2 Å². The van der Waals surface area contributed by atoms with Crippen LogP contribution in [0.5, 0.6) is 0 Å². The van der Waals surface area contributed by atoms with E-state index < -0.39 is 0 Å². The Morgan fingerprint density at radius 2 is 1.74 bits per heavy atom. The van der Waals surface area contributed by atoms with Crippen LogP contribution in [0.1, 0.15) is 22.4 Å². The molecule has 23 heavy (non-hydrogen) atoms. The summed E-state index contributed by atoms with van der Waals surface area (Å²) in [6.45, 7) is 0.506. The molecule has 1 heterocycles. The molecule has 0 unspecified atom stereocenters. The molecule has 0 fully saturated rings. The zero-order chi connectivity index (χ0) is 16.2. The second-order valence-electron chi connectivity index (χ2n) is 5.27. The van der Waals surface area contributed by atoms with E-state index in [4.69, 9.17) is 17.3 Å². The van der Waals surface area contributed by atoms with Gasteiger partial charge in [-0.25, -0.2) is 4.68 Å². The third-order valence-corrected chi connectivity index (χ3v) is 3.89. The quantitative estimate of drug-likeness (QED) is 0.797. The fourth-order valence-electron chi connectivity index (χ4n) is 2.44. The van der Waals surface area contributed by atoms with Gasteiger partial charge in [0, 0.05) is 11.4 Å². The fraction of sp³-hybridized carbons (Fsp3) is 0.111. The molecule has 0 bridgehead atoms. The van der Waals surface area contributed by atoms with Crippen molar-refractivity contribution in [2.75, 3.05) is 5.73 Å². The second-order valence-corrected chi connectivity index (χ2v) is 5.70. The molecule has 2 N–H and O–H groups in total. The molecule has 0 aliphatic rings. The first-order valence-corrected chi connectivity index (χ1v) is 7.59. The van der Waals surface area contributed by atoms with Crippen molar-refractivity contribution in [1.82, 2.24) is 9.78 Å². The van der Waals surface area contributed by atoms with Crippen LogP contribution in [-0.4, -0.2) is 9.78 Å². The fourth-order valence-corrected chi connectivity index (χ4v) is 2.57. The molecular formula is C18H15ClN4. The molecule has 0 saturated heterocycles. The van der Waals surface area contributed by atoms with Crippen LogP contribution in [0.3, 0.4) is 0 Å². The summed E-state index contributed by atoms with van der Waals surface area (Å²) < 4.78 is 1.67. The van der Waals surface area contributed by atoms with Crippen LogP contribution < -0.4 is 5.73 Å². The molecule has 0 saturated carbocycles. The van der Waals surface area contributed by atoms with Crippen LogP contribution in [0.2, 0.25) is 5.02 Å². The van der Waals surface area contributed by atoms with E-state index in [0.717, 1.165) is 11.1 Å². The second kappa shape index (κ2) is 6.55. The molecule has 0 aliphatic carbocycles. The largest absolute Gasteiger partial charge is 0.383 e. The molecule has 3 rings (SSSR count). The minimum atomic E-state index is 0.397. The Hall–Kier alpha value is -2.77. The number of hydrogen-bond acceptors (Lipinski definition) is 3. The minimum absolute atomic E-state index is 0.397. The number of aromatic nitrogens is 2. The van der Waals surface area contributed by atoms with Gasteiger partial charge in [0.2, 0.25) is 0 Å². The summed E-state index contributed by atoms with van der Waals surface area (Å²) in [5.41, 5.74) is 9.37. The first-order chi connectivity index (χ1) is 11.2. The lowest BCUT2D eigenvalue weighted by atomic mass is 10.1. The first kappa shape index (κ1) is 15.1. The Morgan fingerprint density at radius 1 is 1.04 bits per heavy atom. The van der Waals surface area contributed by atoms with Crippen LogP contribution in [0.4, 0.5) is 5.82 Å². The van der Waals surface area contributed by atoms with Crippen LogP contribution in [0, 0.1) is 11.3 Å². The summed E-state index contributed by atoms with van der Waals surface area (Å²) >= 11 is 5.90. The highest BCUT2D eigenvalue weighted by Gasteiger charge is 2.15. The average Bonchev–Trinajstić information content (AvgIpc) is 2.85. The van der Waals surface area contributed by atoms with Gasteiger partial charge in [-0.1, -0.05) is 54.1 Å². The number of nitriles is 1. The lowest BCUT2D eigenvalue weighted by Crippen LogP contribution is -2.06. The summed E-state index contributed by atoms with van der Waals surface area (Å²) in [6.07, 6.45) is 0.585. The minimum Gasteiger partial charge on any atom is -0.383 e. The number of hydrogen-bond donors (Lipinski definition) is 1. The Kier molecular flexibility index (Phi) is 4.31. The number of benzene rings is 2. The summed E-state index contributed by atoms with van der Waals surface area (Å²) in [6, 6.07) is 19.6. The molecule has 4 nitrogen and oxygen atoms in total. The van der Waals surface area contributed by atoms with Crippen molar-refractivity contribution in [3.8, 4) is 6.07 Å². The van der Waals surface area contributed by atoms with E-state index in [-0.39, 0.29) is 0 Å². The maximum Gasteiger partial charge on any atom is 0.140 e. The maximum absolute atomic E-state index is 9.39. The van der Waals surface area contributed by atoms with Gasteiger partial charge in [-0.3, -0.25) is 0 Å². The Balaban J connectivity index is 1.90. The van der Waals surface area contributed by atoms with Gasteiger partial charge in [-0.2, -0.15) is 10.4 Å². The van der Waals surface area contributed by atoms with Gasteiger partial charge >= 0.3 is 0 Å². The zero-order valence-corrected chi connectivity index (χ0v) is 13.2. The summed E-state index contributed by atoms with van der Waals surface area (Å²) in [5.74, 6) is 0.397. The number of halogens is 1. The van der Waals surface area contributed by atoms with Crippen molar-refractivity contribution >= 4 is 17.4 Å². The molecule has 114 valence electrons. The highest BCUT2D eigenvalue weighted by atomic mass is 35.5. The van der Waals surface area contributed by atoms with Crippen molar-refractivity contribution in [2.24, 2.45) is 0 Å². The van der Waals surface area contributed by atoms with Gasteiger partial charge in [0.1, 0.15) is 17.5 Å². The third kappa shape index (κ3) is 3.36. The monoisotopic (exact) mass is 322 g/mol. The molecule has 0 radical (unpaired) electrons. The lowest BCUT2D eigenvalue weighted by Gasteiger charge is -2.04. The van der Waals surface area contributed by atoms with Gasteiger partial charge < -0.3 is 5.73 Å². The van der Waals surface area contributed by atoms with E-state index in [0.29, 0.717) is 35.1 Å². The SMILES string of the molecule is N#Cc1c(Cc2ccccc2)nn(Cc2ccc(Cl)cc2)c1N. The normalized spacial score (nSPS) is 10.4. The number of rotatable bonds is 4. The Labute approximate surface area is 139 Å². The first-order valence-electron chi connectivity index (χ1n) is 7.21. The smallest absolute Gasteiger partial charge is 0.140 e. The van der Waals surface area contributed by atoms with Crippen molar-refractivity contribution in [3.63, 3.8) is 0 Å². The van der Waals surface area contributed by atoms with Gasteiger partial charge in [0.05, 0.1) is 12.2 Å². The molecule has 0 amide bonds. The van der Waals surface area contributed by atoms with Gasteiger partial charge in [-0.05, 0) is 23.3 Å². The maximum atomic E-state index is 9.39. The van der Waals surface area contributed by atoms with Crippen molar-refractivity contribution in [3.05, 3.63) is 82.0 Å². The van der Waals surface area contributed by atoms with Gasteiger partial charge in [0.25, 0.3) is 0 Å². The summed E-state index contributed by atoms with van der Waals surface area (Å²) in [7, 11) is 0. The van der Waals surface area contributed by atoms with E-state index >= 15 is 0 Å². The predicted molar refractivity (Wildman–Crippen MR) is 91.2 cm³/mol. The van der Waals surface area contributed by atoms with Crippen LogP contribution in [-0.2, 0) is 13.0 Å². The number of nitrogens with two attached hydrogens (primary N) is 1. The van der Waals surface area contributed by atoms with Crippen LogP contribution in [0.25, 0.3) is 0 Å². The molecule has 2 aromatic carbocycles. The van der Waals surface area contributed by atoms with Crippen molar-refractivity contribution < 1.29 is 0 Å². The molecule has 0 atom stereocenters. The topological polar surface area (TPSA) is 67.6 Å². The predicted octanol–water partition coefficient (Wildman–Crippen LogP) is 3.63. The van der Waals surface area contributed by atoms with Crippen LogP contribution in [0.15, 0.2) is 54.6 Å². The number of anilines is 1. The highest BCUT2D eigenvalue weighted by molar-refractivity contribution is 6.30. The Morgan fingerprint density at radius 3 is 2.39 bits per heavy atom.